The van der Waals surface area contributed by atoms with Gasteiger partial charge in [0.15, 0.2) is 0 Å². The van der Waals surface area contributed by atoms with Crippen LogP contribution in [-0.4, -0.2) is 12.3 Å². The first-order valence-electron chi connectivity index (χ1n) is 5.52. The molecule has 88 valence electrons. The van der Waals surface area contributed by atoms with Crippen LogP contribution in [0.15, 0.2) is 59.5 Å². The van der Waals surface area contributed by atoms with E-state index in [1.165, 1.54) is 6.07 Å². The zero-order valence-electron chi connectivity index (χ0n) is 9.40. The second-order valence-corrected chi connectivity index (χ2v) is 4.77. The Kier molecular flexibility index (Phi) is 4.45. The average molecular weight is 247 g/mol. The topological polar surface area (TPSA) is 12.0 Å². The number of hydrogen-bond donors (Lipinski definition) is 1. The molecule has 0 heterocycles. The third kappa shape index (κ3) is 4.11. The van der Waals surface area contributed by atoms with Gasteiger partial charge < -0.3 is 5.32 Å². The largest absolute Gasteiger partial charge is 0.384 e. The van der Waals surface area contributed by atoms with Gasteiger partial charge >= 0.3 is 0 Å². The standard InChI is InChI=1S/C14H14FNS/c15-12-5-4-8-14(11-12)17-10-9-16-13-6-2-1-3-7-13/h1-8,11,16H,9-10H2. The van der Waals surface area contributed by atoms with Crippen molar-refractivity contribution in [2.24, 2.45) is 0 Å². The summed E-state index contributed by atoms with van der Waals surface area (Å²) in [5.74, 6) is 0.740. The first-order valence-corrected chi connectivity index (χ1v) is 6.50. The van der Waals surface area contributed by atoms with E-state index in [1.807, 2.05) is 36.4 Å². The Morgan fingerprint density at radius 3 is 2.59 bits per heavy atom. The Hall–Kier alpha value is -1.48. The smallest absolute Gasteiger partial charge is 0.124 e. The van der Waals surface area contributed by atoms with Crippen LogP contribution < -0.4 is 5.32 Å². The zero-order valence-corrected chi connectivity index (χ0v) is 10.2. The lowest BCUT2D eigenvalue weighted by atomic mass is 10.3. The number of hydrogen-bond acceptors (Lipinski definition) is 2. The Labute approximate surface area is 105 Å². The second kappa shape index (κ2) is 6.30. The van der Waals surface area contributed by atoms with E-state index < -0.39 is 0 Å². The maximum atomic E-state index is 12.9. The first-order chi connectivity index (χ1) is 8.34. The highest BCUT2D eigenvalue weighted by Crippen LogP contribution is 2.18. The van der Waals surface area contributed by atoms with Crippen LogP contribution in [0.3, 0.4) is 0 Å². The quantitative estimate of drug-likeness (QED) is 0.632. The first kappa shape index (κ1) is 12.0. The third-order valence-corrected chi connectivity index (χ3v) is 3.27. The third-order valence-electron chi connectivity index (χ3n) is 2.27. The van der Waals surface area contributed by atoms with Gasteiger partial charge in [0, 0.05) is 22.9 Å². The normalized spacial score (nSPS) is 10.2. The lowest BCUT2D eigenvalue weighted by molar-refractivity contribution is 0.624. The summed E-state index contributed by atoms with van der Waals surface area (Å²) in [7, 11) is 0. The Bertz CT molecular complexity index is 459. The summed E-state index contributed by atoms with van der Waals surface area (Å²) in [6.45, 7) is 0.866. The molecule has 3 heteroatoms. The maximum Gasteiger partial charge on any atom is 0.124 e. The summed E-state index contributed by atoms with van der Waals surface area (Å²) in [5, 5.41) is 3.31. The van der Waals surface area contributed by atoms with Crippen LogP contribution in [0.25, 0.3) is 0 Å². The van der Waals surface area contributed by atoms with Gasteiger partial charge in [-0.25, -0.2) is 4.39 Å². The van der Waals surface area contributed by atoms with Crippen LogP contribution in [0, 0.1) is 5.82 Å². The maximum absolute atomic E-state index is 12.9. The SMILES string of the molecule is Fc1cccc(SCCNc2ccccc2)c1. The molecule has 0 saturated heterocycles. The molecular weight excluding hydrogens is 233 g/mol. The Balaban J connectivity index is 1.73. The van der Waals surface area contributed by atoms with Gasteiger partial charge in [0.05, 0.1) is 0 Å². The molecule has 0 aromatic heterocycles. The number of halogens is 1. The summed E-state index contributed by atoms with van der Waals surface area (Å²) >= 11 is 1.65. The number of benzene rings is 2. The molecule has 0 aliphatic rings. The van der Waals surface area contributed by atoms with Crippen LogP contribution in [0.2, 0.25) is 0 Å². The van der Waals surface area contributed by atoms with Crippen molar-refractivity contribution >= 4 is 17.4 Å². The van der Waals surface area contributed by atoms with Gasteiger partial charge in [-0.2, -0.15) is 0 Å². The van der Waals surface area contributed by atoms with E-state index >= 15 is 0 Å². The van der Waals surface area contributed by atoms with Crippen LogP contribution in [0.4, 0.5) is 10.1 Å². The summed E-state index contributed by atoms with van der Waals surface area (Å²) in [6, 6.07) is 16.8. The van der Waals surface area contributed by atoms with Gasteiger partial charge in [-0.3, -0.25) is 0 Å². The highest BCUT2D eigenvalue weighted by molar-refractivity contribution is 7.99. The molecule has 0 aliphatic carbocycles. The predicted molar refractivity (Wildman–Crippen MR) is 72.1 cm³/mol. The number of para-hydroxylation sites is 1. The molecule has 0 bridgehead atoms. The lowest BCUT2D eigenvalue weighted by Gasteiger charge is -2.05. The van der Waals surface area contributed by atoms with E-state index in [2.05, 4.69) is 5.32 Å². The molecule has 2 rings (SSSR count). The van der Waals surface area contributed by atoms with E-state index in [9.17, 15) is 4.39 Å². The fourth-order valence-corrected chi connectivity index (χ4v) is 2.29. The van der Waals surface area contributed by atoms with Crippen molar-refractivity contribution in [2.75, 3.05) is 17.6 Å². The van der Waals surface area contributed by atoms with Crippen molar-refractivity contribution in [3.05, 3.63) is 60.4 Å². The summed E-state index contributed by atoms with van der Waals surface area (Å²) in [4.78, 5) is 0.972. The Morgan fingerprint density at radius 1 is 1.00 bits per heavy atom. The number of nitrogens with one attached hydrogen (secondary N) is 1. The summed E-state index contributed by atoms with van der Waals surface area (Å²) in [5.41, 5.74) is 1.12. The van der Waals surface area contributed by atoms with E-state index in [0.29, 0.717) is 0 Å². The molecule has 0 saturated carbocycles. The average Bonchev–Trinajstić information content (AvgIpc) is 2.36. The minimum absolute atomic E-state index is 0.175. The molecule has 17 heavy (non-hydrogen) atoms. The van der Waals surface area contributed by atoms with Crippen LogP contribution in [-0.2, 0) is 0 Å². The van der Waals surface area contributed by atoms with E-state index in [0.717, 1.165) is 22.9 Å². The zero-order chi connectivity index (χ0) is 11.9. The molecule has 0 unspecified atom stereocenters. The Morgan fingerprint density at radius 2 is 1.82 bits per heavy atom. The van der Waals surface area contributed by atoms with Crippen molar-refractivity contribution in [1.29, 1.82) is 0 Å². The van der Waals surface area contributed by atoms with Crippen LogP contribution >= 0.6 is 11.8 Å². The van der Waals surface area contributed by atoms with Gasteiger partial charge in [-0.15, -0.1) is 11.8 Å². The number of rotatable bonds is 5. The van der Waals surface area contributed by atoms with Gasteiger partial charge in [0.25, 0.3) is 0 Å². The van der Waals surface area contributed by atoms with Crippen LogP contribution in [0.1, 0.15) is 0 Å². The molecule has 0 fully saturated rings. The van der Waals surface area contributed by atoms with Gasteiger partial charge in [0.1, 0.15) is 5.82 Å². The van der Waals surface area contributed by atoms with Gasteiger partial charge in [-0.05, 0) is 30.3 Å². The van der Waals surface area contributed by atoms with Gasteiger partial charge in [0.2, 0.25) is 0 Å². The molecule has 2 aromatic carbocycles. The van der Waals surface area contributed by atoms with Crippen molar-refractivity contribution < 1.29 is 4.39 Å². The fourth-order valence-electron chi connectivity index (χ4n) is 1.48. The molecule has 0 atom stereocenters. The molecule has 0 spiro atoms. The van der Waals surface area contributed by atoms with E-state index in [1.54, 1.807) is 23.9 Å². The van der Waals surface area contributed by atoms with E-state index in [4.69, 9.17) is 0 Å². The minimum atomic E-state index is -0.175. The second-order valence-electron chi connectivity index (χ2n) is 3.60. The van der Waals surface area contributed by atoms with Crippen molar-refractivity contribution in [2.45, 2.75) is 4.90 Å². The summed E-state index contributed by atoms with van der Waals surface area (Å²) < 4.78 is 12.9. The molecular formula is C14H14FNS. The highest BCUT2D eigenvalue weighted by Gasteiger charge is 1.96. The molecule has 0 aliphatic heterocycles. The fraction of sp³-hybridized carbons (Fsp3) is 0.143. The molecule has 0 amide bonds. The monoisotopic (exact) mass is 247 g/mol. The van der Waals surface area contributed by atoms with Crippen molar-refractivity contribution in [3.8, 4) is 0 Å². The number of thioether (sulfide) groups is 1. The van der Waals surface area contributed by atoms with E-state index in [-0.39, 0.29) is 5.82 Å². The molecule has 0 radical (unpaired) electrons. The van der Waals surface area contributed by atoms with Gasteiger partial charge in [-0.1, -0.05) is 24.3 Å². The van der Waals surface area contributed by atoms with Crippen LogP contribution in [0.5, 0.6) is 0 Å². The van der Waals surface area contributed by atoms with Crippen molar-refractivity contribution in [3.63, 3.8) is 0 Å². The summed E-state index contributed by atoms with van der Waals surface area (Å²) in [6.07, 6.45) is 0. The number of anilines is 1. The van der Waals surface area contributed by atoms with Crippen molar-refractivity contribution in [1.82, 2.24) is 0 Å². The molecule has 1 nitrogen and oxygen atoms in total. The molecule has 1 N–H and O–H groups in total. The highest BCUT2D eigenvalue weighted by atomic mass is 32.2. The lowest BCUT2D eigenvalue weighted by Crippen LogP contribution is -2.03. The molecule has 2 aromatic rings. The predicted octanol–water partition coefficient (Wildman–Crippen LogP) is 4.03. The minimum Gasteiger partial charge on any atom is -0.384 e.